The first kappa shape index (κ1) is 20.6. The molecule has 0 aliphatic rings. The van der Waals surface area contributed by atoms with Crippen LogP contribution in [0.2, 0.25) is 0 Å². The first-order chi connectivity index (χ1) is 8.83. The van der Waals surface area contributed by atoms with E-state index in [0.717, 1.165) is 0 Å². The summed E-state index contributed by atoms with van der Waals surface area (Å²) >= 11 is 0. The van der Waals surface area contributed by atoms with Crippen LogP contribution < -0.4 is 20.6 Å². The van der Waals surface area contributed by atoms with Crippen molar-refractivity contribution in [1.82, 2.24) is 0 Å². The van der Waals surface area contributed by atoms with Gasteiger partial charge in [0.25, 0.3) is 0 Å². The fourth-order valence-electron chi connectivity index (χ4n) is 1.96. The molecule has 16 heteroatoms. The second-order valence-electron chi connectivity index (χ2n) is 4.73. The summed E-state index contributed by atoms with van der Waals surface area (Å²) in [6.45, 7) is 0. The average molecular weight is 388 g/mol. The Morgan fingerprint density at radius 3 is 0.714 bits per heavy atom. The Balaban J connectivity index is 6.18. The van der Waals surface area contributed by atoms with Crippen LogP contribution in [0.25, 0.3) is 0 Å². The minimum Gasteiger partial charge on any atom is -0.229 e. The molecular formula is C5H16N4O8S4. The average Bonchev–Trinajstić information content (AvgIpc) is 1.83. The van der Waals surface area contributed by atoms with Crippen LogP contribution >= 0.6 is 0 Å². The SMILES string of the molecule is NS(=O)(=O)CC(CS(N)(=O)=O)(CS(N)(=O)=O)CS(N)(=O)=O. The molecule has 0 bridgehead atoms. The van der Waals surface area contributed by atoms with Gasteiger partial charge in [0.15, 0.2) is 0 Å². The van der Waals surface area contributed by atoms with Gasteiger partial charge in [0.1, 0.15) is 0 Å². The molecule has 0 fully saturated rings. The Hall–Kier alpha value is -0.360. The Labute approximate surface area is 123 Å². The summed E-state index contributed by atoms with van der Waals surface area (Å²) in [7, 11) is -17.8. The lowest BCUT2D eigenvalue weighted by Gasteiger charge is -2.29. The van der Waals surface area contributed by atoms with E-state index in [1.807, 2.05) is 0 Å². The van der Waals surface area contributed by atoms with Crippen molar-refractivity contribution in [2.24, 2.45) is 26.0 Å². The van der Waals surface area contributed by atoms with Gasteiger partial charge in [-0.3, -0.25) is 0 Å². The fourth-order valence-corrected chi connectivity index (χ4v) is 7.37. The lowest BCUT2D eigenvalue weighted by Crippen LogP contribution is -2.51. The molecule has 0 saturated carbocycles. The van der Waals surface area contributed by atoms with Crippen molar-refractivity contribution in [3.05, 3.63) is 0 Å². The van der Waals surface area contributed by atoms with Crippen LogP contribution in [0.3, 0.4) is 0 Å². The summed E-state index contributed by atoms with van der Waals surface area (Å²) in [4.78, 5) is 0. The molecule has 0 aliphatic heterocycles. The van der Waals surface area contributed by atoms with Crippen LogP contribution in [-0.2, 0) is 40.1 Å². The number of hydrogen-bond donors (Lipinski definition) is 4. The minimum absolute atomic E-state index is 1.30. The second kappa shape index (κ2) is 6.03. The predicted molar refractivity (Wildman–Crippen MR) is 74.3 cm³/mol. The smallest absolute Gasteiger partial charge is 0.209 e. The van der Waals surface area contributed by atoms with E-state index in [0.29, 0.717) is 0 Å². The zero-order chi connectivity index (χ0) is 17.3. The molecule has 0 rings (SSSR count). The molecule has 0 atom stereocenters. The molecule has 0 heterocycles. The molecule has 21 heavy (non-hydrogen) atoms. The van der Waals surface area contributed by atoms with Gasteiger partial charge >= 0.3 is 0 Å². The molecule has 0 aromatic rings. The maximum absolute atomic E-state index is 11.2. The van der Waals surface area contributed by atoms with Crippen molar-refractivity contribution in [3.63, 3.8) is 0 Å². The molecule has 0 radical (unpaired) electrons. The Bertz CT molecular complexity index is 651. The quantitative estimate of drug-likeness (QED) is 0.313. The van der Waals surface area contributed by atoms with E-state index in [1.54, 1.807) is 0 Å². The van der Waals surface area contributed by atoms with Crippen molar-refractivity contribution in [3.8, 4) is 0 Å². The molecule has 128 valence electrons. The highest BCUT2D eigenvalue weighted by Crippen LogP contribution is 2.24. The van der Waals surface area contributed by atoms with E-state index < -0.39 is 68.5 Å². The molecular weight excluding hydrogens is 372 g/mol. The van der Waals surface area contributed by atoms with Gasteiger partial charge < -0.3 is 0 Å². The van der Waals surface area contributed by atoms with Gasteiger partial charge in [0.2, 0.25) is 40.1 Å². The van der Waals surface area contributed by atoms with E-state index in [1.165, 1.54) is 0 Å². The van der Waals surface area contributed by atoms with Crippen molar-refractivity contribution in [2.75, 3.05) is 23.0 Å². The van der Waals surface area contributed by atoms with Crippen LogP contribution in [0.1, 0.15) is 0 Å². The second-order valence-corrected chi connectivity index (χ2v) is 11.2. The van der Waals surface area contributed by atoms with Crippen LogP contribution in [0.4, 0.5) is 0 Å². The van der Waals surface area contributed by atoms with Gasteiger partial charge in [0, 0.05) is 5.41 Å². The number of nitrogens with two attached hydrogens (primary N) is 4. The van der Waals surface area contributed by atoms with E-state index in [9.17, 15) is 33.7 Å². The summed E-state index contributed by atoms with van der Waals surface area (Å²) in [6.07, 6.45) is 0. The molecule has 0 spiro atoms. The van der Waals surface area contributed by atoms with E-state index in [2.05, 4.69) is 0 Å². The molecule has 0 unspecified atom stereocenters. The lowest BCUT2D eigenvalue weighted by molar-refractivity contribution is 0.449. The molecule has 0 amide bonds. The van der Waals surface area contributed by atoms with Crippen LogP contribution in [0, 0.1) is 5.41 Å². The van der Waals surface area contributed by atoms with E-state index in [4.69, 9.17) is 20.6 Å². The summed E-state index contributed by atoms with van der Waals surface area (Å²) in [6, 6.07) is 0. The van der Waals surface area contributed by atoms with Gasteiger partial charge in [-0.25, -0.2) is 54.2 Å². The minimum atomic E-state index is -4.46. The molecule has 12 nitrogen and oxygen atoms in total. The maximum Gasteiger partial charge on any atom is 0.209 e. The number of primary sulfonamides is 4. The van der Waals surface area contributed by atoms with Gasteiger partial charge in [0.05, 0.1) is 23.0 Å². The third-order valence-electron chi connectivity index (χ3n) is 2.03. The maximum atomic E-state index is 11.2. The molecule has 0 aliphatic carbocycles. The summed E-state index contributed by atoms with van der Waals surface area (Å²) in [5.41, 5.74) is -2.41. The third-order valence-corrected chi connectivity index (χ3v) is 6.09. The Kier molecular flexibility index (Phi) is 5.93. The van der Waals surface area contributed by atoms with Crippen molar-refractivity contribution >= 4 is 40.1 Å². The van der Waals surface area contributed by atoms with Gasteiger partial charge in [-0.1, -0.05) is 0 Å². The molecule has 0 aromatic heterocycles. The largest absolute Gasteiger partial charge is 0.229 e. The molecule has 0 aromatic carbocycles. The van der Waals surface area contributed by atoms with E-state index in [-0.39, 0.29) is 0 Å². The highest BCUT2D eigenvalue weighted by atomic mass is 32.2. The zero-order valence-corrected chi connectivity index (χ0v) is 13.8. The lowest BCUT2D eigenvalue weighted by atomic mass is 9.99. The summed E-state index contributed by atoms with van der Waals surface area (Å²) < 4.78 is 89.4. The van der Waals surface area contributed by atoms with Crippen LogP contribution in [0.15, 0.2) is 0 Å². The van der Waals surface area contributed by atoms with Gasteiger partial charge in [-0.2, -0.15) is 0 Å². The highest BCUT2D eigenvalue weighted by molar-refractivity contribution is 7.92. The molecule has 0 saturated heterocycles. The van der Waals surface area contributed by atoms with E-state index >= 15 is 0 Å². The Morgan fingerprint density at radius 1 is 0.476 bits per heavy atom. The zero-order valence-electron chi connectivity index (χ0n) is 10.5. The van der Waals surface area contributed by atoms with Crippen molar-refractivity contribution in [2.45, 2.75) is 0 Å². The normalized spacial score (nSPS) is 15.0. The summed E-state index contributed by atoms with van der Waals surface area (Å²) in [5.74, 6) is -5.21. The first-order valence-electron chi connectivity index (χ1n) is 4.85. The van der Waals surface area contributed by atoms with Crippen LogP contribution in [0.5, 0.6) is 0 Å². The van der Waals surface area contributed by atoms with Crippen LogP contribution in [-0.4, -0.2) is 56.7 Å². The topological polar surface area (TPSA) is 241 Å². The number of hydrogen-bond acceptors (Lipinski definition) is 8. The van der Waals surface area contributed by atoms with Gasteiger partial charge in [-0.15, -0.1) is 0 Å². The van der Waals surface area contributed by atoms with Gasteiger partial charge in [-0.05, 0) is 0 Å². The molecule has 8 N–H and O–H groups in total. The van der Waals surface area contributed by atoms with Crippen molar-refractivity contribution < 1.29 is 33.7 Å². The predicted octanol–water partition coefficient (Wildman–Crippen LogP) is -4.87. The Morgan fingerprint density at radius 2 is 0.619 bits per heavy atom. The first-order valence-corrected chi connectivity index (χ1v) is 11.7. The highest BCUT2D eigenvalue weighted by Gasteiger charge is 2.44. The standard InChI is InChI=1S/C5H16N4O8S4/c6-18(10,11)1-5(2-19(7,12)13,3-20(8,14)15)4-21(9,16)17/h1-4H2,(H2,6,10,11)(H2,7,12,13)(H2,8,14,15)(H2,9,16,17). The van der Waals surface area contributed by atoms with Crippen molar-refractivity contribution in [1.29, 1.82) is 0 Å². The third kappa shape index (κ3) is 10.9. The number of sulfonamides is 4. The monoisotopic (exact) mass is 388 g/mol. The number of rotatable bonds is 8. The summed E-state index contributed by atoms with van der Waals surface area (Å²) in [5, 5.41) is 19.0. The fraction of sp³-hybridized carbons (Fsp3) is 1.00.